The summed E-state index contributed by atoms with van der Waals surface area (Å²) in [7, 11) is 0. The third-order valence-electron chi connectivity index (χ3n) is 3.08. The van der Waals surface area contributed by atoms with Gasteiger partial charge in [0.1, 0.15) is 24.5 Å². The fraction of sp³-hybridized carbons (Fsp3) is 0.308. The lowest BCUT2D eigenvalue weighted by Gasteiger charge is -2.30. The zero-order valence-electron chi connectivity index (χ0n) is 9.58. The maximum absolute atomic E-state index is 10.3. The number of aliphatic hydroxyl groups excluding tert-OH is 1. The minimum atomic E-state index is -0.570. The first-order valence-corrected chi connectivity index (χ1v) is 5.66. The fourth-order valence-corrected chi connectivity index (χ4v) is 2.17. The van der Waals surface area contributed by atoms with Crippen LogP contribution in [0.3, 0.4) is 0 Å². The molecule has 0 saturated carbocycles. The van der Waals surface area contributed by atoms with Crippen molar-refractivity contribution in [3.8, 4) is 5.75 Å². The van der Waals surface area contributed by atoms with Crippen molar-refractivity contribution >= 4 is 0 Å². The Morgan fingerprint density at radius 2 is 2.24 bits per heavy atom. The van der Waals surface area contributed by atoms with Crippen LogP contribution in [0, 0.1) is 6.92 Å². The number of aryl methyl sites for hydroxylation is 1. The number of aromatic nitrogens is 2. The van der Waals surface area contributed by atoms with Crippen LogP contribution in [-0.2, 0) is 0 Å². The highest BCUT2D eigenvalue weighted by Crippen LogP contribution is 2.37. The molecule has 88 valence electrons. The van der Waals surface area contributed by atoms with Crippen LogP contribution in [0.1, 0.15) is 23.3 Å². The summed E-state index contributed by atoms with van der Waals surface area (Å²) >= 11 is 0. The molecule has 4 heteroatoms. The molecular weight excluding hydrogens is 216 g/mol. The van der Waals surface area contributed by atoms with Gasteiger partial charge in [0.05, 0.1) is 6.20 Å². The molecule has 4 nitrogen and oxygen atoms in total. The van der Waals surface area contributed by atoms with Crippen molar-refractivity contribution < 1.29 is 9.84 Å². The van der Waals surface area contributed by atoms with Crippen LogP contribution in [0.2, 0.25) is 0 Å². The number of hydrogen-bond donors (Lipinski definition) is 1. The molecule has 0 radical (unpaired) electrons. The highest BCUT2D eigenvalue weighted by molar-refractivity contribution is 5.37. The van der Waals surface area contributed by atoms with E-state index in [4.69, 9.17) is 4.74 Å². The van der Waals surface area contributed by atoms with E-state index in [1.54, 1.807) is 10.9 Å². The quantitative estimate of drug-likeness (QED) is 0.813. The van der Waals surface area contributed by atoms with E-state index in [0.717, 1.165) is 16.9 Å². The van der Waals surface area contributed by atoms with E-state index in [1.807, 2.05) is 37.4 Å². The van der Waals surface area contributed by atoms with E-state index in [2.05, 4.69) is 5.10 Å². The molecule has 3 rings (SSSR count). The Morgan fingerprint density at radius 1 is 1.41 bits per heavy atom. The predicted molar refractivity (Wildman–Crippen MR) is 62.9 cm³/mol. The van der Waals surface area contributed by atoms with E-state index >= 15 is 0 Å². The van der Waals surface area contributed by atoms with Crippen LogP contribution in [-0.4, -0.2) is 21.5 Å². The number of fused-ring (bicyclic) bond motifs is 1. The van der Waals surface area contributed by atoms with Gasteiger partial charge < -0.3 is 9.84 Å². The predicted octanol–water partition coefficient (Wildman–Crippen LogP) is 1.86. The summed E-state index contributed by atoms with van der Waals surface area (Å²) in [5.41, 5.74) is 1.91. The summed E-state index contributed by atoms with van der Waals surface area (Å²) in [6, 6.07) is 7.43. The molecule has 2 unspecified atom stereocenters. The van der Waals surface area contributed by atoms with Crippen LogP contribution < -0.4 is 4.74 Å². The average molecular weight is 230 g/mol. The minimum Gasteiger partial charge on any atom is -0.491 e. The van der Waals surface area contributed by atoms with Gasteiger partial charge in [-0.05, 0) is 18.6 Å². The number of rotatable bonds is 1. The Labute approximate surface area is 99.5 Å². The van der Waals surface area contributed by atoms with Crippen LogP contribution >= 0.6 is 0 Å². The first-order chi connectivity index (χ1) is 8.25. The van der Waals surface area contributed by atoms with Crippen molar-refractivity contribution in [2.24, 2.45) is 0 Å². The number of para-hydroxylation sites is 1. The van der Waals surface area contributed by atoms with Crippen LogP contribution in [0.5, 0.6) is 5.75 Å². The van der Waals surface area contributed by atoms with Gasteiger partial charge in [0.15, 0.2) is 0 Å². The summed E-state index contributed by atoms with van der Waals surface area (Å²) in [6.45, 7) is 2.42. The van der Waals surface area contributed by atoms with E-state index < -0.39 is 6.10 Å². The van der Waals surface area contributed by atoms with Gasteiger partial charge in [0.25, 0.3) is 0 Å². The molecule has 1 aromatic heterocycles. The largest absolute Gasteiger partial charge is 0.491 e. The molecule has 0 aliphatic carbocycles. The van der Waals surface area contributed by atoms with Gasteiger partial charge in [-0.15, -0.1) is 0 Å². The molecule has 2 atom stereocenters. The minimum absolute atomic E-state index is 0.154. The van der Waals surface area contributed by atoms with Crippen molar-refractivity contribution in [1.29, 1.82) is 0 Å². The average Bonchev–Trinajstić information content (AvgIpc) is 2.77. The second kappa shape index (κ2) is 3.89. The summed E-state index contributed by atoms with van der Waals surface area (Å²) in [5.74, 6) is 0.764. The van der Waals surface area contributed by atoms with Gasteiger partial charge in [-0.3, -0.25) is 4.68 Å². The van der Waals surface area contributed by atoms with E-state index in [0.29, 0.717) is 6.61 Å². The lowest BCUT2D eigenvalue weighted by Crippen LogP contribution is -2.29. The van der Waals surface area contributed by atoms with Crippen molar-refractivity contribution in [2.45, 2.75) is 19.1 Å². The highest BCUT2D eigenvalue weighted by Gasteiger charge is 2.30. The summed E-state index contributed by atoms with van der Waals surface area (Å²) in [4.78, 5) is 0. The van der Waals surface area contributed by atoms with Gasteiger partial charge >= 0.3 is 0 Å². The van der Waals surface area contributed by atoms with Crippen LogP contribution in [0.25, 0.3) is 0 Å². The first-order valence-electron chi connectivity index (χ1n) is 5.66. The van der Waals surface area contributed by atoms with Gasteiger partial charge in [-0.1, -0.05) is 18.2 Å². The van der Waals surface area contributed by atoms with Crippen molar-refractivity contribution in [3.05, 3.63) is 47.8 Å². The molecule has 1 aromatic carbocycles. The number of benzene rings is 1. The number of hydrogen-bond acceptors (Lipinski definition) is 3. The topological polar surface area (TPSA) is 47.3 Å². The second-order valence-corrected chi connectivity index (χ2v) is 4.36. The van der Waals surface area contributed by atoms with Crippen LogP contribution in [0.15, 0.2) is 36.7 Å². The normalized spacial score (nSPS) is 22.9. The Balaban J connectivity index is 1.96. The monoisotopic (exact) mass is 230 g/mol. The number of ether oxygens (including phenoxy) is 1. The summed E-state index contributed by atoms with van der Waals surface area (Å²) in [5, 5.41) is 14.6. The second-order valence-electron chi connectivity index (χ2n) is 4.36. The smallest absolute Gasteiger partial charge is 0.125 e. The standard InChI is InChI=1S/C13H14N2O2/c1-9-6-14-15(7-9)11-8-17-12-5-3-2-4-10(12)13(11)16/h2-7,11,13,16H,8H2,1H3. The Bertz CT molecular complexity index is 536. The molecule has 0 fully saturated rings. The first kappa shape index (κ1) is 10.4. The number of aliphatic hydroxyl groups is 1. The Morgan fingerprint density at radius 3 is 3.00 bits per heavy atom. The van der Waals surface area contributed by atoms with Crippen molar-refractivity contribution in [3.63, 3.8) is 0 Å². The van der Waals surface area contributed by atoms with E-state index in [1.165, 1.54) is 0 Å². The molecule has 1 aliphatic heterocycles. The van der Waals surface area contributed by atoms with E-state index in [9.17, 15) is 5.11 Å². The lowest BCUT2D eigenvalue weighted by atomic mass is 9.99. The third kappa shape index (κ3) is 1.70. The maximum Gasteiger partial charge on any atom is 0.125 e. The van der Waals surface area contributed by atoms with Gasteiger partial charge in [-0.25, -0.2) is 0 Å². The Hall–Kier alpha value is -1.81. The van der Waals surface area contributed by atoms with E-state index in [-0.39, 0.29) is 6.04 Å². The summed E-state index contributed by atoms with van der Waals surface area (Å²) < 4.78 is 7.42. The lowest BCUT2D eigenvalue weighted by molar-refractivity contribution is 0.0508. The van der Waals surface area contributed by atoms with Crippen LogP contribution in [0.4, 0.5) is 0 Å². The molecule has 1 N–H and O–H groups in total. The molecule has 0 amide bonds. The summed E-state index contributed by atoms with van der Waals surface area (Å²) in [6.07, 6.45) is 3.14. The molecule has 0 bridgehead atoms. The molecule has 2 aromatic rings. The molecule has 0 spiro atoms. The Kier molecular flexibility index (Phi) is 2.37. The molecule has 2 heterocycles. The zero-order chi connectivity index (χ0) is 11.8. The SMILES string of the molecule is Cc1cnn(C2COc3ccccc3C2O)c1. The van der Waals surface area contributed by atoms with Gasteiger partial charge in [-0.2, -0.15) is 5.10 Å². The van der Waals surface area contributed by atoms with Crippen molar-refractivity contribution in [1.82, 2.24) is 9.78 Å². The number of nitrogens with zero attached hydrogens (tertiary/aromatic N) is 2. The fourth-order valence-electron chi connectivity index (χ4n) is 2.17. The molecule has 17 heavy (non-hydrogen) atoms. The van der Waals surface area contributed by atoms with Gasteiger partial charge in [0, 0.05) is 11.8 Å². The third-order valence-corrected chi connectivity index (χ3v) is 3.08. The molecular formula is C13H14N2O2. The maximum atomic E-state index is 10.3. The van der Waals surface area contributed by atoms with Gasteiger partial charge in [0.2, 0.25) is 0 Å². The van der Waals surface area contributed by atoms with Crippen molar-refractivity contribution in [2.75, 3.05) is 6.61 Å². The molecule has 0 saturated heterocycles. The highest BCUT2D eigenvalue weighted by atomic mass is 16.5. The molecule has 1 aliphatic rings. The zero-order valence-corrected chi connectivity index (χ0v) is 9.58.